The lowest BCUT2D eigenvalue weighted by molar-refractivity contribution is -0.575. The number of ether oxygens (including phenoxy) is 2. The number of esters is 1. The van der Waals surface area contributed by atoms with Crippen molar-refractivity contribution < 1.29 is 24.3 Å². The van der Waals surface area contributed by atoms with Gasteiger partial charge in [-0.3, -0.25) is 14.9 Å². The van der Waals surface area contributed by atoms with Crippen molar-refractivity contribution in [1.29, 1.82) is 0 Å². The van der Waals surface area contributed by atoms with Gasteiger partial charge in [0.15, 0.2) is 6.10 Å². The monoisotopic (exact) mass is 287 g/mol. The Labute approximate surface area is 117 Å². The molecule has 114 valence electrons. The second-order valence-corrected chi connectivity index (χ2v) is 6.15. The van der Waals surface area contributed by atoms with E-state index in [0.717, 1.165) is 12.8 Å². The van der Waals surface area contributed by atoms with E-state index in [2.05, 4.69) is 0 Å². The number of hydrogen-bond donors (Lipinski definition) is 1. The molecule has 2 aliphatic rings. The summed E-state index contributed by atoms with van der Waals surface area (Å²) in [5, 5.41) is 20.9. The van der Waals surface area contributed by atoms with Crippen molar-refractivity contribution in [3.63, 3.8) is 0 Å². The number of nitrogens with zero attached hydrogens (tertiary/aromatic N) is 1. The van der Waals surface area contributed by atoms with E-state index in [1.807, 2.05) is 0 Å². The third-order valence-corrected chi connectivity index (χ3v) is 4.51. The summed E-state index contributed by atoms with van der Waals surface area (Å²) in [7, 11) is 0. The molecule has 0 aliphatic carbocycles. The van der Waals surface area contributed by atoms with Gasteiger partial charge in [-0.2, -0.15) is 0 Å². The van der Waals surface area contributed by atoms with Gasteiger partial charge in [0.25, 0.3) is 5.54 Å². The molecule has 2 bridgehead atoms. The topological polar surface area (TPSA) is 98.9 Å². The number of nitro groups is 1. The lowest BCUT2D eigenvalue weighted by Crippen LogP contribution is -2.54. The first-order valence-electron chi connectivity index (χ1n) is 6.87. The molecule has 7 heteroatoms. The minimum Gasteiger partial charge on any atom is -0.454 e. The van der Waals surface area contributed by atoms with Crippen LogP contribution in [0, 0.1) is 22.0 Å². The zero-order chi connectivity index (χ0) is 15.1. The van der Waals surface area contributed by atoms with Crippen LogP contribution in [0.1, 0.15) is 33.6 Å². The van der Waals surface area contributed by atoms with Crippen LogP contribution in [0.2, 0.25) is 0 Å². The summed E-state index contributed by atoms with van der Waals surface area (Å²) in [6, 6.07) is 0. The molecule has 0 saturated carbocycles. The van der Waals surface area contributed by atoms with Crippen molar-refractivity contribution in [3.8, 4) is 0 Å². The van der Waals surface area contributed by atoms with Gasteiger partial charge in [0, 0.05) is 44.1 Å². The van der Waals surface area contributed by atoms with Gasteiger partial charge < -0.3 is 14.6 Å². The van der Waals surface area contributed by atoms with Crippen molar-refractivity contribution >= 4 is 5.97 Å². The highest BCUT2D eigenvalue weighted by atomic mass is 16.6. The predicted molar refractivity (Wildman–Crippen MR) is 68.6 cm³/mol. The molecule has 20 heavy (non-hydrogen) atoms. The second-order valence-electron chi connectivity index (χ2n) is 6.15. The average molecular weight is 287 g/mol. The van der Waals surface area contributed by atoms with Gasteiger partial charge in [0.2, 0.25) is 0 Å². The molecule has 7 nitrogen and oxygen atoms in total. The first kappa shape index (κ1) is 15.2. The van der Waals surface area contributed by atoms with E-state index in [4.69, 9.17) is 9.47 Å². The van der Waals surface area contributed by atoms with E-state index < -0.39 is 22.5 Å². The molecule has 0 amide bonds. The normalized spacial score (nSPS) is 34.0. The van der Waals surface area contributed by atoms with Crippen molar-refractivity contribution in [2.75, 3.05) is 6.61 Å². The quantitative estimate of drug-likeness (QED) is 0.455. The highest BCUT2D eigenvalue weighted by Crippen LogP contribution is 2.47. The molecule has 2 heterocycles. The molecule has 0 radical (unpaired) electrons. The van der Waals surface area contributed by atoms with Crippen LogP contribution in [0.25, 0.3) is 0 Å². The highest BCUT2D eigenvalue weighted by Gasteiger charge is 2.59. The fourth-order valence-electron chi connectivity index (χ4n) is 3.45. The van der Waals surface area contributed by atoms with Crippen LogP contribution < -0.4 is 0 Å². The summed E-state index contributed by atoms with van der Waals surface area (Å²) < 4.78 is 11.0. The Kier molecular flexibility index (Phi) is 4.02. The summed E-state index contributed by atoms with van der Waals surface area (Å²) in [4.78, 5) is 22.2. The standard InChI is InChI=1S/C13H21NO6/c1-7(16)19-12(13(2,3)14(17)18)11-8(6-15)9-4-5-10(11)20-9/h8-12,15H,4-6H2,1-3H3/t8-,9-,10+,11-,12?/m1/s1. The molecule has 1 N–H and O–H groups in total. The molecule has 0 aromatic heterocycles. The predicted octanol–water partition coefficient (Wildman–Crippen LogP) is 0.759. The SMILES string of the molecule is CC(=O)OC([C@@H]1[C@H](CO)[C@H]2CC[C@@H]1O2)C(C)(C)[N+](=O)[O-]. The van der Waals surface area contributed by atoms with Gasteiger partial charge in [0.05, 0.1) is 12.2 Å². The maximum absolute atomic E-state index is 11.3. The van der Waals surface area contributed by atoms with Gasteiger partial charge in [-0.05, 0) is 12.8 Å². The van der Waals surface area contributed by atoms with E-state index in [1.165, 1.54) is 20.8 Å². The molecule has 0 aromatic carbocycles. The molecule has 2 saturated heterocycles. The molecule has 0 spiro atoms. The van der Waals surface area contributed by atoms with Crippen LogP contribution >= 0.6 is 0 Å². The zero-order valence-electron chi connectivity index (χ0n) is 11.9. The summed E-state index contributed by atoms with van der Waals surface area (Å²) in [5.41, 5.74) is -1.42. The lowest BCUT2D eigenvalue weighted by atomic mass is 9.72. The Balaban J connectivity index is 2.31. The summed E-state index contributed by atoms with van der Waals surface area (Å²) in [6.45, 7) is 4.02. The van der Waals surface area contributed by atoms with Crippen molar-refractivity contribution in [3.05, 3.63) is 10.1 Å². The maximum Gasteiger partial charge on any atom is 0.303 e. The number of rotatable bonds is 5. The number of carbonyl (C=O) groups excluding carboxylic acids is 1. The van der Waals surface area contributed by atoms with Gasteiger partial charge in [0.1, 0.15) is 0 Å². The van der Waals surface area contributed by atoms with Crippen LogP contribution in [0.3, 0.4) is 0 Å². The summed E-state index contributed by atoms with van der Waals surface area (Å²) in [6.07, 6.45) is 0.467. The van der Waals surface area contributed by atoms with E-state index >= 15 is 0 Å². The largest absolute Gasteiger partial charge is 0.454 e. The van der Waals surface area contributed by atoms with E-state index in [1.54, 1.807) is 0 Å². The minimum atomic E-state index is -1.42. The maximum atomic E-state index is 11.3. The molecular weight excluding hydrogens is 266 g/mol. The molecular formula is C13H21NO6. The van der Waals surface area contributed by atoms with Crippen LogP contribution in [0.15, 0.2) is 0 Å². The fraction of sp³-hybridized carbons (Fsp3) is 0.923. The fourth-order valence-corrected chi connectivity index (χ4v) is 3.45. The number of aliphatic hydroxyl groups excluding tert-OH is 1. The first-order chi connectivity index (χ1) is 9.28. The second kappa shape index (κ2) is 5.29. The molecule has 2 fully saturated rings. The molecule has 1 unspecified atom stereocenters. The van der Waals surface area contributed by atoms with Gasteiger partial charge in [-0.25, -0.2) is 0 Å². The number of hydrogen-bond acceptors (Lipinski definition) is 6. The Hall–Kier alpha value is -1.21. The lowest BCUT2D eigenvalue weighted by Gasteiger charge is -2.36. The van der Waals surface area contributed by atoms with Crippen molar-refractivity contribution in [2.24, 2.45) is 11.8 Å². The van der Waals surface area contributed by atoms with Crippen molar-refractivity contribution in [1.82, 2.24) is 0 Å². The Morgan fingerprint density at radius 3 is 2.60 bits per heavy atom. The Morgan fingerprint density at radius 2 is 2.10 bits per heavy atom. The van der Waals surface area contributed by atoms with Gasteiger partial charge in [-0.1, -0.05) is 0 Å². The molecule has 2 rings (SSSR count). The van der Waals surface area contributed by atoms with Crippen LogP contribution in [0.4, 0.5) is 0 Å². The molecule has 0 aromatic rings. The number of carbonyl (C=O) groups is 1. The molecule has 5 atom stereocenters. The van der Waals surface area contributed by atoms with Gasteiger partial charge >= 0.3 is 5.97 Å². The van der Waals surface area contributed by atoms with Crippen LogP contribution in [-0.4, -0.2) is 46.5 Å². The summed E-state index contributed by atoms with van der Waals surface area (Å²) >= 11 is 0. The Bertz CT molecular complexity index is 410. The third-order valence-electron chi connectivity index (χ3n) is 4.51. The first-order valence-corrected chi connectivity index (χ1v) is 6.87. The third kappa shape index (κ3) is 2.40. The van der Waals surface area contributed by atoms with Crippen LogP contribution in [-0.2, 0) is 14.3 Å². The van der Waals surface area contributed by atoms with E-state index in [0.29, 0.717) is 0 Å². The average Bonchev–Trinajstić information content (AvgIpc) is 2.94. The minimum absolute atomic E-state index is 0.0874. The van der Waals surface area contributed by atoms with E-state index in [9.17, 15) is 20.0 Å². The highest BCUT2D eigenvalue weighted by molar-refractivity contribution is 5.66. The number of fused-ring (bicyclic) bond motifs is 2. The zero-order valence-corrected chi connectivity index (χ0v) is 11.9. The van der Waals surface area contributed by atoms with Gasteiger partial charge in [-0.15, -0.1) is 0 Å². The van der Waals surface area contributed by atoms with Crippen molar-refractivity contribution in [2.45, 2.75) is 57.5 Å². The summed E-state index contributed by atoms with van der Waals surface area (Å²) in [5.74, 6) is -1.09. The van der Waals surface area contributed by atoms with E-state index in [-0.39, 0.29) is 30.7 Å². The number of aliphatic hydroxyl groups is 1. The smallest absolute Gasteiger partial charge is 0.303 e. The molecule has 2 aliphatic heterocycles. The Morgan fingerprint density at radius 1 is 1.50 bits per heavy atom. The van der Waals surface area contributed by atoms with Crippen LogP contribution in [0.5, 0.6) is 0 Å².